The minimum atomic E-state index is -0.616. The molecule has 0 radical (unpaired) electrons. The van der Waals surface area contributed by atoms with Crippen molar-refractivity contribution >= 4 is 35.3 Å². The molecule has 0 aliphatic carbocycles. The highest BCUT2D eigenvalue weighted by Crippen LogP contribution is 2.31. The second kappa shape index (κ2) is 10.6. The van der Waals surface area contributed by atoms with E-state index in [-0.39, 0.29) is 29.8 Å². The summed E-state index contributed by atoms with van der Waals surface area (Å²) in [4.78, 5) is 38.9. The molecule has 1 aromatic rings. The molecular formula is C24H35ClN2O5. The van der Waals surface area contributed by atoms with Crippen molar-refractivity contribution in [3.63, 3.8) is 0 Å². The third-order valence-electron chi connectivity index (χ3n) is 4.94. The fourth-order valence-corrected chi connectivity index (χ4v) is 3.72. The summed E-state index contributed by atoms with van der Waals surface area (Å²) in [5.41, 5.74) is 0.324. The zero-order chi connectivity index (χ0) is 24.1. The van der Waals surface area contributed by atoms with Crippen LogP contribution in [0.2, 0.25) is 0 Å². The van der Waals surface area contributed by atoms with E-state index in [1.54, 1.807) is 11.0 Å². The van der Waals surface area contributed by atoms with Crippen molar-refractivity contribution in [2.45, 2.75) is 65.6 Å². The zero-order valence-electron chi connectivity index (χ0n) is 19.9. The monoisotopic (exact) mass is 466 g/mol. The van der Waals surface area contributed by atoms with Gasteiger partial charge >= 0.3 is 12.1 Å². The van der Waals surface area contributed by atoms with Crippen molar-refractivity contribution in [2.75, 3.05) is 24.3 Å². The van der Waals surface area contributed by atoms with Crippen LogP contribution in [-0.4, -0.2) is 53.0 Å². The van der Waals surface area contributed by atoms with Crippen molar-refractivity contribution in [2.24, 2.45) is 11.8 Å². The third kappa shape index (κ3) is 8.34. The van der Waals surface area contributed by atoms with Crippen LogP contribution >= 0.6 is 11.6 Å². The molecule has 0 spiro atoms. The number of esters is 1. The molecule has 2 rings (SSSR count). The number of alkyl halides is 1. The number of amides is 2. The van der Waals surface area contributed by atoms with E-state index in [9.17, 15) is 14.4 Å². The number of rotatable bonds is 6. The molecule has 1 fully saturated rings. The topological polar surface area (TPSA) is 84.9 Å². The Kier molecular flexibility index (Phi) is 8.57. The minimum absolute atomic E-state index is 0.0570. The maximum absolute atomic E-state index is 13.1. The van der Waals surface area contributed by atoms with Crippen molar-refractivity contribution in [1.82, 2.24) is 4.90 Å². The van der Waals surface area contributed by atoms with Gasteiger partial charge in [-0.2, -0.15) is 0 Å². The molecule has 1 aliphatic rings. The van der Waals surface area contributed by atoms with Crippen LogP contribution < -0.4 is 5.32 Å². The van der Waals surface area contributed by atoms with E-state index < -0.39 is 17.1 Å². The molecule has 178 valence electrons. The molecule has 32 heavy (non-hydrogen) atoms. The summed E-state index contributed by atoms with van der Waals surface area (Å²) < 4.78 is 11.2. The van der Waals surface area contributed by atoms with Gasteiger partial charge < -0.3 is 19.7 Å². The number of hydrogen-bond donors (Lipinski definition) is 1. The van der Waals surface area contributed by atoms with Crippen LogP contribution in [0.5, 0.6) is 0 Å². The van der Waals surface area contributed by atoms with Crippen LogP contribution in [0.15, 0.2) is 24.3 Å². The smallest absolute Gasteiger partial charge is 0.410 e. The molecular weight excluding hydrogens is 432 g/mol. The summed E-state index contributed by atoms with van der Waals surface area (Å²) in [7, 11) is 0. The molecule has 0 saturated carbocycles. The number of nitrogens with zero attached hydrogens (tertiary/aromatic N) is 1. The average molecular weight is 467 g/mol. The number of halogens is 1. The molecule has 1 N–H and O–H groups in total. The number of ether oxygens (including phenoxy) is 2. The number of anilines is 1. The first-order valence-electron chi connectivity index (χ1n) is 10.9. The Morgan fingerprint density at radius 2 is 1.78 bits per heavy atom. The molecule has 0 aromatic heterocycles. The van der Waals surface area contributed by atoms with Gasteiger partial charge in [-0.3, -0.25) is 9.59 Å². The molecule has 0 unspecified atom stereocenters. The van der Waals surface area contributed by atoms with Gasteiger partial charge in [-0.15, -0.1) is 11.6 Å². The standard InChI is InChI=1S/C24H35ClN2O5/c1-23(2,3)31-21(29)19(13-16-8-7-9-18(12-16)26-20(28)14-25)17-10-11-27(15-17)22(30)32-24(4,5)6/h7-9,12,17,19H,10-11,13-15H2,1-6H3,(H,26,28)/t17-,19-/m0/s1. The number of carbonyl (C=O) groups excluding carboxylic acids is 3. The van der Waals surface area contributed by atoms with Crippen molar-refractivity contribution in [3.05, 3.63) is 29.8 Å². The Labute approximate surface area is 195 Å². The van der Waals surface area contributed by atoms with Crippen molar-refractivity contribution < 1.29 is 23.9 Å². The molecule has 7 nitrogen and oxygen atoms in total. The van der Waals surface area contributed by atoms with E-state index in [1.165, 1.54) is 0 Å². The first-order chi connectivity index (χ1) is 14.8. The van der Waals surface area contributed by atoms with Crippen LogP contribution in [0.1, 0.15) is 53.5 Å². The molecule has 2 atom stereocenters. The maximum Gasteiger partial charge on any atom is 0.410 e. The molecule has 1 heterocycles. The van der Waals surface area contributed by atoms with Gasteiger partial charge in [0, 0.05) is 18.8 Å². The fraction of sp³-hybridized carbons (Fsp3) is 0.625. The lowest BCUT2D eigenvalue weighted by atomic mass is 9.86. The number of nitrogens with one attached hydrogen (secondary N) is 1. The van der Waals surface area contributed by atoms with Gasteiger partial charge in [-0.25, -0.2) is 4.79 Å². The molecule has 0 bridgehead atoms. The first kappa shape index (κ1) is 26.0. The largest absolute Gasteiger partial charge is 0.460 e. The summed E-state index contributed by atoms with van der Waals surface area (Å²) in [6, 6.07) is 7.35. The number of hydrogen-bond acceptors (Lipinski definition) is 5. The predicted molar refractivity (Wildman–Crippen MR) is 125 cm³/mol. The lowest BCUT2D eigenvalue weighted by Crippen LogP contribution is -2.38. The highest BCUT2D eigenvalue weighted by atomic mass is 35.5. The Morgan fingerprint density at radius 1 is 1.12 bits per heavy atom. The summed E-state index contributed by atoms with van der Waals surface area (Å²) in [6.07, 6.45) is 0.756. The van der Waals surface area contributed by atoms with Crippen LogP contribution in [0.3, 0.4) is 0 Å². The van der Waals surface area contributed by atoms with Gasteiger partial charge in [-0.1, -0.05) is 12.1 Å². The normalized spacial score (nSPS) is 17.6. The summed E-state index contributed by atoms with van der Waals surface area (Å²) in [5, 5.41) is 2.73. The van der Waals surface area contributed by atoms with Gasteiger partial charge in [0.2, 0.25) is 5.91 Å². The van der Waals surface area contributed by atoms with Crippen molar-refractivity contribution in [1.29, 1.82) is 0 Å². The number of likely N-dealkylation sites (tertiary alicyclic amines) is 1. The highest BCUT2D eigenvalue weighted by molar-refractivity contribution is 6.29. The Balaban J connectivity index is 2.19. The average Bonchev–Trinajstić information content (AvgIpc) is 3.13. The highest BCUT2D eigenvalue weighted by Gasteiger charge is 2.39. The SMILES string of the molecule is CC(C)(C)OC(=O)[C@@H](Cc1cccc(NC(=O)CCl)c1)[C@H]1CCN(C(=O)OC(C)(C)C)C1. The Bertz CT molecular complexity index is 828. The maximum atomic E-state index is 13.1. The second-order valence-electron chi connectivity index (χ2n) is 10.2. The second-order valence-corrected chi connectivity index (χ2v) is 10.5. The van der Waals surface area contributed by atoms with Gasteiger partial charge in [0.15, 0.2) is 0 Å². The summed E-state index contributed by atoms with van der Waals surface area (Å²) >= 11 is 5.58. The lowest BCUT2D eigenvalue weighted by molar-refractivity contribution is -0.162. The van der Waals surface area contributed by atoms with E-state index in [0.29, 0.717) is 31.6 Å². The summed E-state index contributed by atoms with van der Waals surface area (Å²) in [6.45, 7) is 12.0. The van der Waals surface area contributed by atoms with E-state index in [2.05, 4.69) is 5.32 Å². The lowest BCUT2D eigenvalue weighted by Gasteiger charge is -2.28. The summed E-state index contributed by atoms with van der Waals surface area (Å²) in [5.74, 6) is -1.20. The predicted octanol–water partition coefficient (Wildman–Crippen LogP) is 4.62. The molecule has 1 aliphatic heterocycles. The van der Waals surface area contributed by atoms with E-state index in [1.807, 2.05) is 59.7 Å². The van der Waals surface area contributed by atoms with Gasteiger partial charge in [0.05, 0.1) is 5.92 Å². The third-order valence-corrected chi connectivity index (χ3v) is 5.19. The number of carbonyl (C=O) groups is 3. The number of benzene rings is 1. The van der Waals surface area contributed by atoms with E-state index >= 15 is 0 Å². The Morgan fingerprint density at radius 3 is 2.38 bits per heavy atom. The quantitative estimate of drug-likeness (QED) is 0.488. The molecule has 2 amide bonds. The van der Waals surface area contributed by atoms with E-state index in [0.717, 1.165) is 5.56 Å². The van der Waals surface area contributed by atoms with Gasteiger partial charge in [-0.05, 0) is 78.0 Å². The first-order valence-corrected chi connectivity index (χ1v) is 11.5. The zero-order valence-corrected chi connectivity index (χ0v) is 20.6. The van der Waals surface area contributed by atoms with Gasteiger partial charge in [0.25, 0.3) is 0 Å². The fourth-order valence-electron chi connectivity index (χ4n) is 3.65. The molecule has 8 heteroatoms. The van der Waals surface area contributed by atoms with Crippen molar-refractivity contribution in [3.8, 4) is 0 Å². The van der Waals surface area contributed by atoms with Crippen LogP contribution in [0, 0.1) is 11.8 Å². The molecule has 1 saturated heterocycles. The minimum Gasteiger partial charge on any atom is -0.460 e. The van der Waals surface area contributed by atoms with Crippen LogP contribution in [-0.2, 0) is 25.5 Å². The molecule has 1 aromatic carbocycles. The van der Waals surface area contributed by atoms with Gasteiger partial charge in [0.1, 0.15) is 17.1 Å². The van der Waals surface area contributed by atoms with E-state index in [4.69, 9.17) is 21.1 Å². The van der Waals surface area contributed by atoms with Crippen LogP contribution in [0.25, 0.3) is 0 Å². The van der Waals surface area contributed by atoms with Crippen LogP contribution in [0.4, 0.5) is 10.5 Å². The Hall–Kier alpha value is -2.28.